The van der Waals surface area contributed by atoms with Crippen molar-refractivity contribution in [2.75, 3.05) is 25.4 Å². The van der Waals surface area contributed by atoms with Gasteiger partial charge in [0.15, 0.2) is 0 Å². The predicted octanol–water partition coefficient (Wildman–Crippen LogP) is -0.977. The van der Waals surface area contributed by atoms with E-state index in [4.69, 9.17) is 0 Å². The maximum Gasteiger partial charge on any atom is 0.277 e. The summed E-state index contributed by atoms with van der Waals surface area (Å²) in [5.41, 5.74) is 0.217. The molecule has 1 saturated heterocycles. The average Bonchev–Trinajstić information content (AvgIpc) is 3.26. The van der Waals surface area contributed by atoms with Crippen molar-refractivity contribution in [2.45, 2.75) is 18.8 Å². The van der Waals surface area contributed by atoms with Crippen molar-refractivity contribution < 1.29 is 13.2 Å². The first kappa shape index (κ1) is 14.2. The van der Waals surface area contributed by atoms with Crippen molar-refractivity contribution in [3.63, 3.8) is 0 Å². The molecule has 0 bridgehead atoms. The molecule has 1 amide bonds. The van der Waals surface area contributed by atoms with Gasteiger partial charge in [0.2, 0.25) is 10.0 Å². The van der Waals surface area contributed by atoms with Crippen molar-refractivity contribution in [1.29, 1.82) is 0 Å². The summed E-state index contributed by atoms with van der Waals surface area (Å²) in [5.74, 6) is -0.281. The van der Waals surface area contributed by atoms with E-state index < -0.39 is 21.5 Å². The normalized spacial score (nSPS) is 21.8. The van der Waals surface area contributed by atoms with Crippen LogP contribution in [0.1, 0.15) is 34.8 Å². The van der Waals surface area contributed by atoms with Crippen molar-refractivity contribution in [1.82, 2.24) is 19.8 Å². The first-order valence-corrected chi connectivity index (χ1v) is 8.48. The van der Waals surface area contributed by atoms with Gasteiger partial charge >= 0.3 is 0 Å². The Bertz CT molecular complexity index is 723. The first-order valence-electron chi connectivity index (χ1n) is 6.82. The van der Waals surface area contributed by atoms with Gasteiger partial charge in [-0.05, 0) is 18.9 Å². The summed E-state index contributed by atoms with van der Waals surface area (Å²) in [6.45, 7) is 0.486. The molecule has 8 nitrogen and oxygen atoms in total. The second kappa shape index (κ2) is 5.23. The predicted molar refractivity (Wildman–Crippen MR) is 74.5 cm³/mol. The minimum Gasteiger partial charge on any atom is -0.336 e. The number of nitrogens with zero attached hydrogens (tertiary/aromatic N) is 2. The molecular weight excluding hydrogens is 296 g/mol. The number of carbonyl (C=O) groups excluding carboxylic acids is 1. The zero-order valence-corrected chi connectivity index (χ0v) is 12.1. The number of carbonyl (C=O) groups is 1. The van der Waals surface area contributed by atoms with E-state index in [0.717, 1.165) is 18.5 Å². The molecule has 1 aliphatic carbocycles. The van der Waals surface area contributed by atoms with Crippen molar-refractivity contribution in [2.24, 2.45) is 0 Å². The van der Waals surface area contributed by atoms with Crippen LogP contribution in [0, 0.1) is 0 Å². The Balaban J connectivity index is 1.84. The van der Waals surface area contributed by atoms with Crippen LogP contribution in [0.2, 0.25) is 0 Å². The Labute approximate surface area is 121 Å². The van der Waals surface area contributed by atoms with E-state index in [9.17, 15) is 18.0 Å². The molecule has 114 valence electrons. The molecule has 0 spiro atoms. The van der Waals surface area contributed by atoms with E-state index in [2.05, 4.69) is 14.9 Å². The van der Waals surface area contributed by atoms with E-state index in [-0.39, 0.29) is 31.0 Å². The third-order valence-corrected chi connectivity index (χ3v) is 5.03. The van der Waals surface area contributed by atoms with E-state index >= 15 is 0 Å². The summed E-state index contributed by atoms with van der Waals surface area (Å²) in [6.07, 6.45) is 2.02. The fourth-order valence-corrected chi connectivity index (χ4v) is 3.30. The summed E-state index contributed by atoms with van der Waals surface area (Å²) >= 11 is 0. The van der Waals surface area contributed by atoms with E-state index in [1.54, 1.807) is 0 Å². The maximum absolute atomic E-state index is 12.4. The lowest BCUT2D eigenvalue weighted by atomic mass is 10.2. The SMILES string of the molecule is O=C(c1cc(C2CC2)n[nH]c1=O)N1CCNS(=O)(=O)CC1. The summed E-state index contributed by atoms with van der Waals surface area (Å²) < 4.78 is 25.3. The number of hydrogen-bond donors (Lipinski definition) is 2. The summed E-state index contributed by atoms with van der Waals surface area (Å²) in [7, 11) is -3.33. The van der Waals surface area contributed by atoms with Crippen LogP contribution in [0.3, 0.4) is 0 Å². The highest BCUT2D eigenvalue weighted by Crippen LogP contribution is 2.38. The molecule has 1 saturated carbocycles. The lowest BCUT2D eigenvalue weighted by Gasteiger charge is -2.18. The van der Waals surface area contributed by atoms with Gasteiger partial charge in [0.25, 0.3) is 11.5 Å². The molecule has 0 atom stereocenters. The number of hydrogen-bond acceptors (Lipinski definition) is 5. The number of aromatic amines is 1. The van der Waals surface area contributed by atoms with E-state index in [1.807, 2.05) is 0 Å². The highest BCUT2D eigenvalue weighted by Gasteiger charge is 2.29. The van der Waals surface area contributed by atoms with Crippen LogP contribution < -0.4 is 10.3 Å². The van der Waals surface area contributed by atoms with Crippen LogP contribution in [0.5, 0.6) is 0 Å². The number of sulfonamides is 1. The van der Waals surface area contributed by atoms with Crippen molar-refractivity contribution in [3.05, 3.63) is 27.7 Å². The number of H-pyrrole nitrogens is 1. The Morgan fingerprint density at radius 2 is 2.10 bits per heavy atom. The molecule has 2 aliphatic rings. The Kier molecular flexibility index (Phi) is 3.54. The van der Waals surface area contributed by atoms with Gasteiger partial charge in [-0.15, -0.1) is 0 Å². The molecule has 2 fully saturated rings. The van der Waals surface area contributed by atoms with Crippen LogP contribution in [-0.2, 0) is 10.0 Å². The van der Waals surface area contributed by atoms with E-state index in [0.29, 0.717) is 5.92 Å². The number of amides is 1. The standard InChI is InChI=1S/C12H16N4O4S/c17-11-9(7-10(14-15-11)8-1-2-8)12(18)16-4-3-13-21(19,20)6-5-16/h7-8,13H,1-6H2,(H,15,17). The molecule has 1 aliphatic heterocycles. The fourth-order valence-electron chi connectivity index (χ4n) is 2.29. The quantitative estimate of drug-likeness (QED) is 0.729. The van der Waals surface area contributed by atoms with Gasteiger partial charge in [-0.25, -0.2) is 18.2 Å². The highest BCUT2D eigenvalue weighted by molar-refractivity contribution is 7.89. The molecule has 1 aromatic rings. The Hall–Kier alpha value is -1.74. The van der Waals surface area contributed by atoms with Crippen LogP contribution >= 0.6 is 0 Å². The molecule has 21 heavy (non-hydrogen) atoms. The largest absolute Gasteiger partial charge is 0.336 e. The molecule has 0 aromatic carbocycles. The first-order chi connectivity index (χ1) is 9.96. The van der Waals surface area contributed by atoms with Crippen LogP contribution in [0.15, 0.2) is 10.9 Å². The third-order valence-electron chi connectivity index (χ3n) is 3.67. The summed E-state index contributed by atoms with van der Waals surface area (Å²) in [5, 5.41) is 6.31. The molecule has 3 rings (SSSR count). The minimum absolute atomic E-state index is 0.0335. The molecular formula is C12H16N4O4S. The molecule has 2 N–H and O–H groups in total. The van der Waals surface area contributed by atoms with E-state index in [1.165, 1.54) is 11.0 Å². The lowest BCUT2D eigenvalue weighted by Crippen LogP contribution is -2.38. The van der Waals surface area contributed by atoms with Gasteiger partial charge in [0, 0.05) is 25.6 Å². The second-order valence-corrected chi connectivity index (χ2v) is 7.24. The molecule has 2 heterocycles. The smallest absolute Gasteiger partial charge is 0.277 e. The van der Waals surface area contributed by atoms with Gasteiger partial charge in [0.05, 0.1) is 11.4 Å². The summed E-state index contributed by atoms with van der Waals surface area (Å²) in [4.78, 5) is 25.6. The summed E-state index contributed by atoms with van der Waals surface area (Å²) in [6, 6.07) is 1.53. The Morgan fingerprint density at radius 3 is 2.81 bits per heavy atom. The van der Waals surface area contributed by atoms with Crippen molar-refractivity contribution in [3.8, 4) is 0 Å². The lowest BCUT2D eigenvalue weighted by molar-refractivity contribution is 0.0769. The van der Waals surface area contributed by atoms with Gasteiger partial charge < -0.3 is 4.90 Å². The fraction of sp³-hybridized carbons (Fsp3) is 0.583. The zero-order chi connectivity index (χ0) is 15.0. The van der Waals surface area contributed by atoms with Gasteiger partial charge in [-0.3, -0.25) is 9.59 Å². The van der Waals surface area contributed by atoms with Gasteiger partial charge in [-0.1, -0.05) is 0 Å². The average molecular weight is 312 g/mol. The van der Waals surface area contributed by atoms with Crippen LogP contribution in [0.4, 0.5) is 0 Å². The molecule has 1 aromatic heterocycles. The van der Waals surface area contributed by atoms with Crippen molar-refractivity contribution >= 4 is 15.9 Å². The second-order valence-electron chi connectivity index (χ2n) is 5.32. The maximum atomic E-state index is 12.4. The monoisotopic (exact) mass is 312 g/mol. The number of aromatic nitrogens is 2. The molecule has 0 radical (unpaired) electrons. The highest BCUT2D eigenvalue weighted by atomic mass is 32.2. The number of rotatable bonds is 2. The topological polar surface area (TPSA) is 112 Å². The van der Waals surface area contributed by atoms with Gasteiger partial charge in [0.1, 0.15) is 5.56 Å². The van der Waals surface area contributed by atoms with Crippen LogP contribution in [0.25, 0.3) is 0 Å². The molecule has 0 unspecified atom stereocenters. The number of nitrogens with one attached hydrogen (secondary N) is 2. The van der Waals surface area contributed by atoms with Gasteiger partial charge in [-0.2, -0.15) is 5.10 Å². The zero-order valence-electron chi connectivity index (χ0n) is 11.3. The third kappa shape index (κ3) is 3.13. The minimum atomic E-state index is -3.33. The Morgan fingerprint density at radius 1 is 1.33 bits per heavy atom. The van der Waals surface area contributed by atoms with Crippen LogP contribution in [-0.4, -0.2) is 54.8 Å². The molecule has 9 heteroatoms.